The van der Waals surface area contributed by atoms with Crippen LogP contribution in [0.15, 0.2) is 102 Å². The Bertz CT molecular complexity index is 1540. The molecule has 6 rings (SSSR count). The van der Waals surface area contributed by atoms with Crippen LogP contribution in [-0.2, 0) is 0 Å². The number of rotatable bonds is 1. The fourth-order valence-electron chi connectivity index (χ4n) is 4.89. The lowest BCUT2D eigenvalue weighted by Crippen LogP contribution is -2.21. The van der Waals surface area contributed by atoms with Crippen molar-refractivity contribution in [3.63, 3.8) is 0 Å². The van der Waals surface area contributed by atoms with Crippen molar-refractivity contribution in [2.24, 2.45) is 5.73 Å². The van der Waals surface area contributed by atoms with Crippen LogP contribution in [0.3, 0.4) is 0 Å². The molecule has 5 aromatic rings. The highest BCUT2D eigenvalue weighted by atomic mass is 16.5. The minimum Gasteiger partial charge on any atom is -0.440 e. The van der Waals surface area contributed by atoms with Crippen LogP contribution < -0.4 is 10.5 Å². The molecule has 0 bridgehead atoms. The van der Waals surface area contributed by atoms with Crippen molar-refractivity contribution >= 4 is 32.3 Å². The van der Waals surface area contributed by atoms with Crippen molar-refractivity contribution in [2.45, 2.75) is 5.92 Å². The molecule has 1 aliphatic rings. The number of allylic oxidation sites excluding steroid dienone is 1. The number of nitrogens with two attached hydrogens (primary N) is 1. The number of nitrogens with zero attached hydrogens (tertiary/aromatic N) is 1. The van der Waals surface area contributed by atoms with Crippen molar-refractivity contribution in [1.82, 2.24) is 0 Å². The Kier molecular flexibility index (Phi) is 3.75. The summed E-state index contributed by atoms with van der Waals surface area (Å²) in [5.41, 5.74) is 8.83. The van der Waals surface area contributed by atoms with E-state index in [2.05, 4.69) is 48.5 Å². The van der Waals surface area contributed by atoms with Gasteiger partial charge >= 0.3 is 0 Å². The predicted octanol–water partition coefficient (Wildman–Crippen LogP) is 6.36. The van der Waals surface area contributed by atoms with Crippen molar-refractivity contribution in [1.29, 1.82) is 5.26 Å². The van der Waals surface area contributed by atoms with Gasteiger partial charge in [0.25, 0.3) is 0 Å². The minimum atomic E-state index is -0.323. The first-order valence-corrected chi connectivity index (χ1v) is 10.3. The molecule has 0 radical (unpaired) electrons. The van der Waals surface area contributed by atoms with Gasteiger partial charge in [0, 0.05) is 5.56 Å². The van der Waals surface area contributed by atoms with Gasteiger partial charge < -0.3 is 10.5 Å². The standard InChI is InChI=1S/C28H18N2O/c29-16-23-27(26-20-10-4-1-7-17(20)13-14-24(26)31-28(23)30)25-21-11-5-2-8-18(21)15-19-9-3-6-12-22(19)25/h1-15,27H,30H2/t27-/m0/s1. The minimum absolute atomic E-state index is 0.173. The highest BCUT2D eigenvalue weighted by Gasteiger charge is 2.34. The summed E-state index contributed by atoms with van der Waals surface area (Å²) in [4.78, 5) is 0. The molecule has 1 heterocycles. The second kappa shape index (κ2) is 6.62. The fourth-order valence-corrected chi connectivity index (χ4v) is 4.89. The predicted molar refractivity (Wildman–Crippen MR) is 125 cm³/mol. The molecule has 0 aliphatic carbocycles. The molecule has 146 valence electrons. The summed E-state index contributed by atoms with van der Waals surface area (Å²) in [6.07, 6.45) is 0. The lowest BCUT2D eigenvalue weighted by Gasteiger charge is -2.29. The fraction of sp³-hybridized carbons (Fsp3) is 0.0357. The van der Waals surface area contributed by atoms with Crippen molar-refractivity contribution in [2.75, 3.05) is 0 Å². The SMILES string of the molecule is N#CC1=C(N)Oc2ccc3ccccc3c2[C@@H]1c1c2ccccc2cc2ccccc12. The van der Waals surface area contributed by atoms with Crippen LogP contribution in [0.1, 0.15) is 17.0 Å². The number of benzene rings is 5. The number of nitriles is 1. The maximum atomic E-state index is 10.2. The molecule has 0 aromatic heterocycles. The van der Waals surface area contributed by atoms with E-state index in [-0.39, 0.29) is 11.8 Å². The Morgan fingerprint density at radius 2 is 1.23 bits per heavy atom. The van der Waals surface area contributed by atoms with Gasteiger partial charge in [0.1, 0.15) is 17.4 Å². The molecular weight excluding hydrogens is 380 g/mol. The van der Waals surface area contributed by atoms with E-state index in [1.54, 1.807) is 0 Å². The lowest BCUT2D eigenvalue weighted by molar-refractivity contribution is 0.395. The second-order valence-electron chi connectivity index (χ2n) is 7.86. The largest absolute Gasteiger partial charge is 0.440 e. The monoisotopic (exact) mass is 398 g/mol. The van der Waals surface area contributed by atoms with E-state index in [1.807, 2.05) is 48.5 Å². The van der Waals surface area contributed by atoms with E-state index >= 15 is 0 Å². The van der Waals surface area contributed by atoms with Gasteiger partial charge in [-0.2, -0.15) is 5.26 Å². The van der Waals surface area contributed by atoms with Gasteiger partial charge in [0.2, 0.25) is 5.88 Å². The van der Waals surface area contributed by atoms with Crippen LogP contribution in [-0.4, -0.2) is 0 Å². The van der Waals surface area contributed by atoms with Gasteiger partial charge in [-0.25, -0.2) is 0 Å². The number of hydrogen-bond donors (Lipinski definition) is 1. The van der Waals surface area contributed by atoms with Crippen LogP contribution in [0.5, 0.6) is 5.75 Å². The number of fused-ring (bicyclic) bond motifs is 5. The maximum absolute atomic E-state index is 10.2. The van der Waals surface area contributed by atoms with Crippen LogP contribution in [0.4, 0.5) is 0 Å². The van der Waals surface area contributed by atoms with Gasteiger partial charge in [-0.15, -0.1) is 0 Å². The molecule has 0 amide bonds. The second-order valence-corrected chi connectivity index (χ2v) is 7.86. The Labute approximate surface area is 179 Å². The van der Waals surface area contributed by atoms with E-state index in [9.17, 15) is 5.26 Å². The highest BCUT2D eigenvalue weighted by Crippen LogP contribution is 2.49. The topological polar surface area (TPSA) is 59.0 Å². The molecular formula is C28H18N2O. The summed E-state index contributed by atoms with van der Waals surface area (Å²) in [5, 5.41) is 16.9. The molecule has 2 N–H and O–H groups in total. The van der Waals surface area contributed by atoms with E-state index in [1.165, 1.54) is 0 Å². The lowest BCUT2D eigenvalue weighted by atomic mass is 9.77. The van der Waals surface area contributed by atoms with E-state index < -0.39 is 0 Å². The van der Waals surface area contributed by atoms with Gasteiger partial charge in [-0.1, -0.05) is 78.9 Å². The molecule has 0 fully saturated rings. The Morgan fingerprint density at radius 3 is 1.84 bits per heavy atom. The molecule has 5 aromatic carbocycles. The summed E-state index contributed by atoms with van der Waals surface area (Å²) < 4.78 is 5.95. The third-order valence-corrected chi connectivity index (χ3v) is 6.22. The molecule has 0 saturated heterocycles. The van der Waals surface area contributed by atoms with E-state index in [0.29, 0.717) is 11.3 Å². The highest BCUT2D eigenvalue weighted by molar-refractivity contribution is 6.04. The average Bonchev–Trinajstić information content (AvgIpc) is 2.81. The Morgan fingerprint density at radius 1 is 0.677 bits per heavy atom. The molecule has 1 atom stereocenters. The number of ether oxygens (including phenoxy) is 1. The smallest absolute Gasteiger partial charge is 0.205 e. The van der Waals surface area contributed by atoms with Gasteiger partial charge in [-0.3, -0.25) is 0 Å². The summed E-state index contributed by atoms with van der Waals surface area (Å²) in [5.74, 6) is 0.556. The van der Waals surface area contributed by atoms with Crippen LogP contribution in [0, 0.1) is 11.3 Å². The molecule has 0 saturated carbocycles. The quantitative estimate of drug-likeness (QED) is 0.334. The van der Waals surface area contributed by atoms with Crippen molar-refractivity contribution in [3.8, 4) is 11.8 Å². The van der Waals surface area contributed by atoms with Crippen LogP contribution >= 0.6 is 0 Å². The first kappa shape index (κ1) is 17.6. The first-order chi connectivity index (χ1) is 15.3. The van der Waals surface area contributed by atoms with Crippen molar-refractivity contribution < 1.29 is 4.74 Å². The normalized spacial score (nSPS) is 15.6. The van der Waals surface area contributed by atoms with Gasteiger partial charge in [0.15, 0.2) is 0 Å². The third-order valence-electron chi connectivity index (χ3n) is 6.22. The Balaban J connectivity index is 1.83. The van der Waals surface area contributed by atoms with Gasteiger partial charge in [-0.05, 0) is 50.0 Å². The average molecular weight is 398 g/mol. The van der Waals surface area contributed by atoms with Crippen LogP contribution in [0.25, 0.3) is 32.3 Å². The Hall–Kier alpha value is -4.29. The third kappa shape index (κ3) is 2.52. The molecule has 0 spiro atoms. The first-order valence-electron chi connectivity index (χ1n) is 10.3. The maximum Gasteiger partial charge on any atom is 0.205 e. The number of hydrogen-bond acceptors (Lipinski definition) is 3. The van der Waals surface area contributed by atoms with Gasteiger partial charge in [0.05, 0.1) is 5.92 Å². The molecule has 31 heavy (non-hydrogen) atoms. The molecule has 1 aliphatic heterocycles. The van der Waals surface area contributed by atoms with Crippen LogP contribution in [0.2, 0.25) is 0 Å². The van der Waals surface area contributed by atoms with E-state index in [4.69, 9.17) is 10.5 Å². The van der Waals surface area contributed by atoms with E-state index in [0.717, 1.165) is 43.4 Å². The summed E-state index contributed by atoms with van der Waals surface area (Å²) in [6.45, 7) is 0. The zero-order valence-corrected chi connectivity index (χ0v) is 16.7. The zero-order valence-electron chi connectivity index (χ0n) is 16.7. The van der Waals surface area contributed by atoms with Crippen molar-refractivity contribution in [3.05, 3.63) is 114 Å². The molecule has 3 nitrogen and oxygen atoms in total. The molecule has 0 unspecified atom stereocenters. The summed E-state index contributed by atoms with van der Waals surface area (Å²) in [7, 11) is 0. The molecule has 3 heteroatoms. The zero-order chi connectivity index (χ0) is 20.9. The summed E-state index contributed by atoms with van der Waals surface area (Å²) in [6, 6.07) is 33.5. The summed E-state index contributed by atoms with van der Waals surface area (Å²) >= 11 is 0.